The van der Waals surface area contributed by atoms with Gasteiger partial charge >= 0.3 is 5.76 Å². The van der Waals surface area contributed by atoms with Crippen LogP contribution in [0.5, 0.6) is 0 Å². The number of sulfonamides is 1. The monoisotopic (exact) mass is 355 g/mol. The van der Waals surface area contributed by atoms with E-state index < -0.39 is 15.8 Å². The first kappa shape index (κ1) is 20.2. The van der Waals surface area contributed by atoms with Gasteiger partial charge in [-0.2, -0.15) is 13.1 Å². The first-order valence-electron chi connectivity index (χ1n) is 8.11. The van der Waals surface area contributed by atoms with E-state index in [2.05, 4.69) is 5.32 Å². The largest absolute Gasteiger partial charge is 0.356 e. The van der Waals surface area contributed by atoms with Gasteiger partial charge in [0.05, 0.1) is 0 Å². The average molecular weight is 355 g/mol. The zero-order valence-corrected chi connectivity index (χ0v) is 14.2. The standard InChI is InChI=1S/C14H27F2N3O3S/c15-14(16)23(21,22)19-9-6-12(7-10-19)11-18-13(20)5-3-1-2-4-8-17/h12,14H,1-11,17H2,(H,18,20). The van der Waals surface area contributed by atoms with E-state index >= 15 is 0 Å². The molecule has 1 aliphatic rings. The summed E-state index contributed by atoms with van der Waals surface area (Å²) in [5, 5.41) is 2.84. The van der Waals surface area contributed by atoms with Crippen molar-refractivity contribution in [3.63, 3.8) is 0 Å². The molecule has 23 heavy (non-hydrogen) atoms. The van der Waals surface area contributed by atoms with Crippen molar-refractivity contribution < 1.29 is 22.0 Å². The molecule has 1 amide bonds. The van der Waals surface area contributed by atoms with Crippen LogP contribution < -0.4 is 11.1 Å². The first-order chi connectivity index (χ1) is 10.9. The van der Waals surface area contributed by atoms with Gasteiger partial charge in [0.1, 0.15) is 0 Å². The number of piperidine rings is 1. The summed E-state index contributed by atoms with van der Waals surface area (Å²) in [6.07, 6.45) is 5.27. The molecule has 9 heteroatoms. The zero-order valence-electron chi connectivity index (χ0n) is 13.3. The fourth-order valence-electron chi connectivity index (χ4n) is 2.61. The van der Waals surface area contributed by atoms with Crippen LogP contribution >= 0.6 is 0 Å². The van der Waals surface area contributed by atoms with Crippen LogP contribution in [0.4, 0.5) is 8.78 Å². The first-order valence-corrected chi connectivity index (χ1v) is 9.62. The Bertz CT molecular complexity index is 452. The zero-order chi connectivity index (χ0) is 17.3. The van der Waals surface area contributed by atoms with Crippen LogP contribution in [0.2, 0.25) is 0 Å². The number of halogens is 2. The van der Waals surface area contributed by atoms with Gasteiger partial charge in [-0.15, -0.1) is 0 Å². The van der Waals surface area contributed by atoms with E-state index in [1.54, 1.807) is 0 Å². The Morgan fingerprint density at radius 3 is 2.35 bits per heavy atom. The number of nitrogens with one attached hydrogen (secondary N) is 1. The van der Waals surface area contributed by atoms with Crippen molar-refractivity contribution in [2.24, 2.45) is 11.7 Å². The predicted molar refractivity (Wildman–Crippen MR) is 84.4 cm³/mol. The molecule has 0 radical (unpaired) electrons. The lowest BCUT2D eigenvalue weighted by atomic mass is 9.98. The third-order valence-electron chi connectivity index (χ3n) is 4.10. The molecular weight excluding hydrogens is 328 g/mol. The molecule has 6 nitrogen and oxygen atoms in total. The van der Waals surface area contributed by atoms with E-state index in [1.165, 1.54) is 0 Å². The number of hydrogen-bond donors (Lipinski definition) is 2. The molecule has 0 atom stereocenters. The van der Waals surface area contributed by atoms with Crippen LogP contribution in [0.1, 0.15) is 44.9 Å². The summed E-state index contributed by atoms with van der Waals surface area (Å²) < 4.78 is 48.4. The molecule has 0 bridgehead atoms. The predicted octanol–water partition coefficient (Wildman–Crippen LogP) is 1.28. The summed E-state index contributed by atoms with van der Waals surface area (Å²) in [6, 6.07) is 0. The van der Waals surface area contributed by atoms with E-state index in [-0.39, 0.29) is 24.9 Å². The number of nitrogens with zero attached hydrogens (tertiary/aromatic N) is 1. The Morgan fingerprint density at radius 1 is 1.17 bits per heavy atom. The van der Waals surface area contributed by atoms with Gasteiger partial charge in [0.25, 0.3) is 10.0 Å². The van der Waals surface area contributed by atoms with Crippen molar-refractivity contribution in [3.8, 4) is 0 Å². The SMILES string of the molecule is NCCCCCCC(=O)NCC1CCN(S(=O)(=O)C(F)F)CC1. The molecule has 1 aliphatic heterocycles. The highest BCUT2D eigenvalue weighted by atomic mass is 32.2. The molecular formula is C14H27F2N3O3S. The number of amides is 1. The fraction of sp³-hybridized carbons (Fsp3) is 0.929. The van der Waals surface area contributed by atoms with E-state index in [0.29, 0.717) is 32.4 Å². The number of unbranched alkanes of at least 4 members (excludes halogenated alkanes) is 3. The lowest BCUT2D eigenvalue weighted by Crippen LogP contribution is -2.43. The van der Waals surface area contributed by atoms with Crippen molar-refractivity contribution in [1.82, 2.24) is 9.62 Å². The second kappa shape index (κ2) is 10.1. The van der Waals surface area contributed by atoms with Crippen molar-refractivity contribution in [1.29, 1.82) is 0 Å². The summed E-state index contributed by atoms with van der Waals surface area (Å²) in [4.78, 5) is 11.7. The van der Waals surface area contributed by atoms with E-state index in [4.69, 9.17) is 5.73 Å². The lowest BCUT2D eigenvalue weighted by molar-refractivity contribution is -0.121. The van der Waals surface area contributed by atoms with Crippen LogP contribution in [0, 0.1) is 5.92 Å². The highest BCUT2D eigenvalue weighted by Crippen LogP contribution is 2.22. The molecule has 0 aromatic rings. The highest BCUT2D eigenvalue weighted by Gasteiger charge is 2.34. The Hall–Kier alpha value is -0.800. The van der Waals surface area contributed by atoms with E-state index in [0.717, 1.165) is 30.0 Å². The Balaban J connectivity index is 2.18. The molecule has 1 fully saturated rings. The average Bonchev–Trinajstić information content (AvgIpc) is 2.53. The van der Waals surface area contributed by atoms with Crippen molar-refractivity contribution in [2.45, 2.75) is 50.7 Å². The molecule has 1 heterocycles. The number of nitrogens with two attached hydrogens (primary N) is 1. The minimum Gasteiger partial charge on any atom is -0.356 e. The second-order valence-electron chi connectivity index (χ2n) is 5.90. The molecule has 0 unspecified atom stereocenters. The molecule has 3 N–H and O–H groups in total. The van der Waals surface area contributed by atoms with Crippen LogP contribution in [-0.2, 0) is 14.8 Å². The van der Waals surface area contributed by atoms with Gasteiger partial charge in [-0.25, -0.2) is 8.42 Å². The van der Waals surface area contributed by atoms with Crippen LogP contribution in [0.25, 0.3) is 0 Å². The Morgan fingerprint density at radius 2 is 1.78 bits per heavy atom. The van der Waals surface area contributed by atoms with E-state index in [1.807, 2.05) is 0 Å². The van der Waals surface area contributed by atoms with Gasteiger partial charge in [0.15, 0.2) is 0 Å². The molecule has 0 aromatic heterocycles. The van der Waals surface area contributed by atoms with Crippen molar-refractivity contribution >= 4 is 15.9 Å². The fourth-order valence-corrected chi connectivity index (χ4v) is 3.56. The second-order valence-corrected chi connectivity index (χ2v) is 7.81. The van der Waals surface area contributed by atoms with Crippen molar-refractivity contribution in [2.75, 3.05) is 26.2 Å². The maximum absolute atomic E-state index is 12.5. The molecule has 1 rings (SSSR count). The third kappa shape index (κ3) is 7.09. The number of carbonyl (C=O) groups excluding carboxylic acids is 1. The van der Waals surface area contributed by atoms with Gasteiger partial charge in [0.2, 0.25) is 5.91 Å². The topological polar surface area (TPSA) is 92.5 Å². The number of hydrogen-bond acceptors (Lipinski definition) is 4. The van der Waals surface area contributed by atoms with Gasteiger partial charge in [-0.05, 0) is 38.1 Å². The molecule has 1 saturated heterocycles. The van der Waals surface area contributed by atoms with Gasteiger partial charge < -0.3 is 11.1 Å². The molecule has 0 spiro atoms. The summed E-state index contributed by atoms with van der Waals surface area (Å²) in [6.45, 7) is 1.33. The van der Waals surface area contributed by atoms with Crippen LogP contribution in [0.15, 0.2) is 0 Å². The van der Waals surface area contributed by atoms with Gasteiger partial charge in [0, 0.05) is 26.1 Å². The maximum atomic E-state index is 12.5. The van der Waals surface area contributed by atoms with Crippen LogP contribution in [-0.4, -0.2) is 50.6 Å². The number of alkyl halides is 2. The number of rotatable bonds is 10. The summed E-state index contributed by atoms with van der Waals surface area (Å²) >= 11 is 0. The highest BCUT2D eigenvalue weighted by molar-refractivity contribution is 7.89. The Kier molecular flexibility index (Phi) is 8.93. The lowest BCUT2D eigenvalue weighted by Gasteiger charge is -2.30. The molecule has 0 saturated carbocycles. The van der Waals surface area contributed by atoms with E-state index in [9.17, 15) is 22.0 Å². The molecule has 0 aliphatic carbocycles. The van der Waals surface area contributed by atoms with Gasteiger partial charge in [-0.1, -0.05) is 12.8 Å². The third-order valence-corrected chi connectivity index (χ3v) is 5.64. The quantitative estimate of drug-likeness (QED) is 0.577. The van der Waals surface area contributed by atoms with Gasteiger partial charge in [-0.3, -0.25) is 4.79 Å². The summed E-state index contributed by atoms with van der Waals surface area (Å²) in [7, 11) is -4.47. The maximum Gasteiger partial charge on any atom is 0.350 e. The summed E-state index contributed by atoms with van der Waals surface area (Å²) in [5.74, 6) is -3.24. The van der Waals surface area contributed by atoms with Crippen molar-refractivity contribution in [3.05, 3.63) is 0 Å². The summed E-state index contributed by atoms with van der Waals surface area (Å²) in [5.41, 5.74) is 5.39. The normalized spacial score (nSPS) is 17.6. The number of carbonyl (C=O) groups is 1. The van der Waals surface area contributed by atoms with Crippen LogP contribution in [0.3, 0.4) is 0 Å². The minimum absolute atomic E-state index is 0.0135. The molecule has 136 valence electrons. The molecule has 0 aromatic carbocycles. The minimum atomic E-state index is -4.47. The Labute approximate surface area is 136 Å². The smallest absolute Gasteiger partial charge is 0.350 e.